The zero-order valence-electron chi connectivity index (χ0n) is 22.2. The highest BCUT2D eigenvalue weighted by Gasteiger charge is 2.40. The standard InChI is InChI=1S/C36H20N2O4/c39-33-23-13-5-6-14-24(23)34(40)31(33)27-17-29(21-11-3-1-9-19(21)27)37-38-30-18-28(20-10-2-4-12-22(20)30)32-35(41)25-15-7-8-16-26(25)36(32)42/h1-16H,17-18H2/b37-29-,38-30+. The number of benzene rings is 4. The van der Waals surface area contributed by atoms with Crippen LogP contribution in [0.15, 0.2) is 118 Å². The van der Waals surface area contributed by atoms with Gasteiger partial charge >= 0.3 is 0 Å². The van der Waals surface area contributed by atoms with Crippen molar-refractivity contribution < 1.29 is 19.2 Å². The summed E-state index contributed by atoms with van der Waals surface area (Å²) in [6.45, 7) is 0. The van der Waals surface area contributed by atoms with Crippen molar-refractivity contribution in [2.24, 2.45) is 10.2 Å². The summed E-state index contributed by atoms with van der Waals surface area (Å²) in [6, 6.07) is 29.0. The Balaban J connectivity index is 1.22. The van der Waals surface area contributed by atoms with E-state index in [-0.39, 0.29) is 34.3 Å². The van der Waals surface area contributed by atoms with Crippen molar-refractivity contribution in [2.75, 3.05) is 0 Å². The Bertz CT molecular complexity index is 1880. The second-order valence-corrected chi connectivity index (χ2v) is 10.7. The van der Waals surface area contributed by atoms with Crippen LogP contribution in [0.1, 0.15) is 76.5 Å². The molecule has 4 aromatic carbocycles. The van der Waals surface area contributed by atoms with Crippen molar-refractivity contribution in [1.82, 2.24) is 0 Å². The van der Waals surface area contributed by atoms with Gasteiger partial charge in [0.25, 0.3) is 0 Å². The van der Waals surface area contributed by atoms with E-state index < -0.39 is 0 Å². The predicted molar refractivity (Wildman–Crippen MR) is 159 cm³/mol. The van der Waals surface area contributed by atoms with Crippen molar-refractivity contribution in [1.29, 1.82) is 0 Å². The third-order valence-corrected chi connectivity index (χ3v) is 8.45. The van der Waals surface area contributed by atoms with E-state index in [2.05, 4.69) is 10.2 Å². The second kappa shape index (κ2) is 8.94. The van der Waals surface area contributed by atoms with Gasteiger partial charge in [0.15, 0.2) is 23.1 Å². The molecule has 0 heterocycles. The number of fused-ring (bicyclic) bond motifs is 4. The summed E-state index contributed by atoms with van der Waals surface area (Å²) in [4.78, 5) is 53.2. The van der Waals surface area contributed by atoms with Crippen LogP contribution in [0.2, 0.25) is 0 Å². The second-order valence-electron chi connectivity index (χ2n) is 10.7. The summed E-state index contributed by atoms with van der Waals surface area (Å²) in [6.07, 6.45) is 0.581. The highest BCUT2D eigenvalue weighted by Crippen LogP contribution is 2.42. The fraction of sp³-hybridized carbons (Fsp3) is 0.0556. The number of rotatable bonds is 1. The van der Waals surface area contributed by atoms with Crippen molar-refractivity contribution in [3.63, 3.8) is 0 Å². The molecule has 0 saturated heterocycles. The maximum Gasteiger partial charge on any atom is 0.198 e. The minimum Gasteiger partial charge on any atom is -0.288 e. The Morgan fingerprint density at radius 1 is 0.357 bits per heavy atom. The quantitative estimate of drug-likeness (QED) is 0.159. The lowest BCUT2D eigenvalue weighted by atomic mass is 9.98. The third kappa shape index (κ3) is 3.32. The van der Waals surface area contributed by atoms with Crippen LogP contribution < -0.4 is 0 Å². The number of hydrogen-bond donors (Lipinski definition) is 0. The Hall–Kier alpha value is -5.62. The van der Waals surface area contributed by atoms with Crippen LogP contribution in [0.3, 0.4) is 0 Å². The Morgan fingerprint density at radius 2 is 0.619 bits per heavy atom. The van der Waals surface area contributed by atoms with Crippen LogP contribution in [0.25, 0.3) is 11.1 Å². The van der Waals surface area contributed by atoms with Gasteiger partial charge in [-0.15, -0.1) is 0 Å². The van der Waals surface area contributed by atoms with Crippen LogP contribution in [0.4, 0.5) is 0 Å². The first-order chi connectivity index (χ1) is 20.5. The van der Waals surface area contributed by atoms with Gasteiger partial charge in [0, 0.05) is 46.2 Å². The zero-order valence-corrected chi connectivity index (χ0v) is 22.2. The fourth-order valence-corrected chi connectivity index (χ4v) is 6.51. The molecule has 6 heteroatoms. The first-order valence-electron chi connectivity index (χ1n) is 13.7. The molecule has 4 aliphatic carbocycles. The number of ketones is 4. The molecule has 6 nitrogen and oxygen atoms in total. The number of nitrogens with zero attached hydrogens (tertiary/aromatic N) is 2. The van der Waals surface area contributed by atoms with Crippen LogP contribution in [-0.4, -0.2) is 34.6 Å². The van der Waals surface area contributed by atoms with E-state index in [9.17, 15) is 19.2 Å². The molecule has 198 valence electrons. The number of carbonyl (C=O) groups excluding carboxylic acids is 4. The summed E-state index contributed by atoms with van der Waals surface area (Å²) < 4.78 is 0. The Morgan fingerprint density at radius 3 is 0.929 bits per heavy atom. The molecule has 0 N–H and O–H groups in total. The van der Waals surface area contributed by atoms with Crippen LogP contribution >= 0.6 is 0 Å². The van der Waals surface area contributed by atoms with E-state index in [0.717, 1.165) is 22.3 Å². The molecule has 0 bridgehead atoms. The average molecular weight is 545 g/mol. The highest BCUT2D eigenvalue weighted by molar-refractivity contribution is 6.44. The van der Waals surface area contributed by atoms with Gasteiger partial charge in [0.05, 0.1) is 22.6 Å². The normalized spacial score (nSPS) is 18.9. The minimum absolute atomic E-state index is 0.192. The van der Waals surface area contributed by atoms with Gasteiger partial charge < -0.3 is 0 Å². The van der Waals surface area contributed by atoms with E-state index in [0.29, 0.717) is 57.7 Å². The molecule has 0 spiro atoms. The average Bonchev–Trinajstić information content (AvgIpc) is 3.72. The zero-order chi connectivity index (χ0) is 28.5. The summed E-state index contributed by atoms with van der Waals surface area (Å²) in [7, 11) is 0. The molecule has 0 unspecified atom stereocenters. The van der Waals surface area contributed by atoms with E-state index >= 15 is 0 Å². The molecule has 4 aromatic rings. The molecular formula is C36H20N2O4. The van der Waals surface area contributed by atoms with E-state index in [4.69, 9.17) is 0 Å². The molecule has 8 rings (SSSR count). The number of hydrogen-bond acceptors (Lipinski definition) is 6. The first-order valence-corrected chi connectivity index (χ1v) is 13.7. The van der Waals surface area contributed by atoms with E-state index in [1.165, 1.54) is 0 Å². The van der Waals surface area contributed by atoms with Gasteiger partial charge in [-0.3, -0.25) is 19.2 Å². The third-order valence-electron chi connectivity index (χ3n) is 8.45. The summed E-state index contributed by atoms with van der Waals surface area (Å²) in [5.74, 6) is -1.05. The Labute approximate surface area is 240 Å². The molecule has 4 aliphatic rings. The number of Topliss-reactive ketones (excluding diaryl/α,β-unsaturated/α-hetero) is 4. The van der Waals surface area contributed by atoms with Gasteiger partial charge in [-0.2, -0.15) is 10.2 Å². The summed E-state index contributed by atoms with van der Waals surface area (Å²) in [5.41, 5.74) is 7.95. The predicted octanol–water partition coefficient (Wildman–Crippen LogP) is 6.35. The lowest BCUT2D eigenvalue weighted by Gasteiger charge is -2.03. The number of allylic oxidation sites excluding steroid dienone is 4. The van der Waals surface area contributed by atoms with Crippen molar-refractivity contribution in [3.05, 3.63) is 153 Å². The van der Waals surface area contributed by atoms with Crippen LogP contribution in [0, 0.1) is 0 Å². The van der Waals surface area contributed by atoms with Gasteiger partial charge in [-0.1, -0.05) is 97.1 Å². The molecule has 0 saturated carbocycles. The van der Waals surface area contributed by atoms with Crippen molar-refractivity contribution in [3.8, 4) is 0 Å². The molecule has 0 fully saturated rings. The van der Waals surface area contributed by atoms with Gasteiger partial charge in [0.1, 0.15) is 0 Å². The minimum atomic E-state index is -0.263. The van der Waals surface area contributed by atoms with Gasteiger partial charge in [-0.05, 0) is 22.3 Å². The molecule has 42 heavy (non-hydrogen) atoms. The highest BCUT2D eigenvalue weighted by atomic mass is 16.2. The van der Waals surface area contributed by atoms with Crippen LogP contribution in [0.5, 0.6) is 0 Å². The Kier molecular flexibility index (Phi) is 5.15. The maximum atomic E-state index is 13.3. The van der Waals surface area contributed by atoms with Crippen molar-refractivity contribution in [2.45, 2.75) is 12.8 Å². The molecule has 0 radical (unpaired) electrons. The largest absolute Gasteiger partial charge is 0.288 e. The fourth-order valence-electron chi connectivity index (χ4n) is 6.51. The van der Waals surface area contributed by atoms with Crippen molar-refractivity contribution >= 4 is 45.7 Å². The smallest absolute Gasteiger partial charge is 0.198 e. The van der Waals surface area contributed by atoms with E-state index in [1.807, 2.05) is 48.5 Å². The van der Waals surface area contributed by atoms with E-state index in [1.54, 1.807) is 48.5 Å². The van der Waals surface area contributed by atoms with Crippen LogP contribution in [-0.2, 0) is 0 Å². The summed E-state index contributed by atoms with van der Waals surface area (Å²) in [5, 5.41) is 9.32. The van der Waals surface area contributed by atoms with Gasteiger partial charge in [0.2, 0.25) is 0 Å². The monoisotopic (exact) mass is 544 g/mol. The molecule has 0 amide bonds. The molecule has 0 aromatic heterocycles. The summed E-state index contributed by atoms with van der Waals surface area (Å²) >= 11 is 0. The lowest BCUT2D eigenvalue weighted by molar-refractivity contribution is 0.0974. The number of carbonyl (C=O) groups is 4. The van der Waals surface area contributed by atoms with Gasteiger partial charge in [-0.25, -0.2) is 0 Å². The molecule has 0 atom stereocenters. The maximum absolute atomic E-state index is 13.3. The molecule has 0 aliphatic heterocycles. The topological polar surface area (TPSA) is 93.0 Å². The lowest BCUT2D eigenvalue weighted by Crippen LogP contribution is -2.04. The SMILES string of the molecule is O=C1C(=C2C/C(=N/N=C3\CC(=C4C(=O)c5ccccc5C4=O)c4ccccc43)c3ccccc32)C(=O)c2ccccc21. The molecular weight excluding hydrogens is 524 g/mol. The first kappa shape index (κ1) is 24.2.